The van der Waals surface area contributed by atoms with Gasteiger partial charge in [0.05, 0.1) is 18.3 Å². The van der Waals surface area contributed by atoms with E-state index in [2.05, 4.69) is 48.5 Å². The van der Waals surface area contributed by atoms with E-state index in [0.717, 1.165) is 5.69 Å². The van der Waals surface area contributed by atoms with Gasteiger partial charge in [0, 0.05) is 37.0 Å². The Morgan fingerprint density at radius 3 is 2.58 bits per heavy atom. The normalized spacial score (nSPS) is 14.4. The van der Waals surface area contributed by atoms with Crippen molar-refractivity contribution in [3.8, 4) is 0 Å². The van der Waals surface area contributed by atoms with Crippen LogP contribution in [0.5, 0.6) is 0 Å². The van der Waals surface area contributed by atoms with Gasteiger partial charge in [0.1, 0.15) is 5.82 Å². The molecule has 0 aliphatic carbocycles. The monoisotopic (exact) mass is 332 g/mol. The summed E-state index contributed by atoms with van der Waals surface area (Å²) >= 11 is 0. The van der Waals surface area contributed by atoms with Gasteiger partial charge < -0.3 is 10.6 Å². The summed E-state index contributed by atoms with van der Waals surface area (Å²) < 4.78 is 3.58. The highest BCUT2D eigenvalue weighted by Gasteiger charge is 2.20. The topological polar surface area (TPSA) is 76.8 Å². The second kappa shape index (κ2) is 7.17. The van der Waals surface area contributed by atoms with Crippen molar-refractivity contribution < 1.29 is 4.79 Å². The molecular formula is C17H28N6O. The van der Waals surface area contributed by atoms with Gasteiger partial charge in [-0.15, -0.1) is 0 Å². The lowest BCUT2D eigenvalue weighted by molar-refractivity contribution is -0.115. The number of nitrogens with one attached hydrogen (secondary N) is 2. The standard InChI is InChI=1S/C17H28N6O/c1-12(13(2)23-9-7-8-19-23)18-11-16(24)20-15-10-14(17(3,4)5)21-22(15)6/h7-10,12-13,18H,11H2,1-6H3,(H,20,24)/t12-,13-/m1/s1. The fourth-order valence-electron chi connectivity index (χ4n) is 2.31. The number of amides is 1. The predicted molar refractivity (Wildman–Crippen MR) is 94.9 cm³/mol. The molecule has 0 fully saturated rings. The summed E-state index contributed by atoms with van der Waals surface area (Å²) in [4.78, 5) is 12.2. The van der Waals surface area contributed by atoms with Gasteiger partial charge in [-0.05, 0) is 19.9 Å². The van der Waals surface area contributed by atoms with Gasteiger partial charge in [0.25, 0.3) is 0 Å². The van der Waals surface area contributed by atoms with Crippen LogP contribution in [0.25, 0.3) is 0 Å². The van der Waals surface area contributed by atoms with Crippen LogP contribution in [0, 0.1) is 0 Å². The Balaban J connectivity index is 1.88. The summed E-state index contributed by atoms with van der Waals surface area (Å²) in [5.74, 6) is 0.623. The van der Waals surface area contributed by atoms with Crippen molar-refractivity contribution in [2.45, 2.75) is 52.1 Å². The van der Waals surface area contributed by atoms with E-state index in [9.17, 15) is 4.79 Å². The lowest BCUT2D eigenvalue weighted by atomic mass is 9.92. The summed E-state index contributed by atoms with van der Waals surface area (Å²) in [6.07, 6.45) is 3.68. The van der Waals surface area contributed by atoms with E-state index >= 15 is 0 Å². The molecule has 0 bridgehead atoms. The number of aromatic nitrogens is 4. The van der Waals surface area contributed by atoms with Crippen molar-refractivity contribution in [2.24, 2.45) is 7.05 Å². The van der Waals surface area contributed by atoms with Gasteiger partial charge in [-0.2, -0.15) is 10.2 Å². The molecule has 2 heterocycles. The SMILES string of the molecule is C[C@H]([C@@H](C)NCC(=O)Nc1cc(C(C)(C)C)nn1C)n1cccn1. The van der Waals surface area contributed by atoms with E-state index in [1.165, 1.54) is 0 Å². The van der Waals surface area contributed by atoms with Crippen molar-refractivity contribution in [1.29, 1.82) is 0 Å². The zero-order chi connectivity index (χ0) is 17.9. The molecule has 2 rings (SSSR count). The highest BCUT2D eigenvalue weighted by Crippen LogP contribution is 2.23. The van der Waals surface area contributed by atoms with E-state index in [0.29, 0.717) is 5.82 Å². The minimum Gasteiger partial charge on any atom is -0.310 e. The molecule has 0 aliphatic rings. The third kappa shape index (κ3) is 4.44. The van der Waals surface area contributed by atoms with Crippen LogP contribution in [0.3, 0.4) is 0 Å². The van der Waals surface area contributed by atoms with Gasteiger partial charge in [-0.25, -0.2) is 0 Å². The molecule has 2 N–H and O–H groups in total. The Labute approximate surface area is 143 Å². The van der Waals surface area contributed by atoms with Crippen molar-refractivity contribution >= 4 is 11.7 Å². The van der Waals surface area contributed by atoms with Gasteiger partial charge in [0.15, 0.2) is 0 Å². The van der Waals surface area contributed by atoms with E-state index in [1.807, 2.05) is 37.0 Å². The molecule has 0 unspecified atom stereocenters. The smallest absolute Gasteiger partial charge is 0.239 e. The molecule has 0 aliphatic heterocycles. The van der Waals surface area contributed by atoms with Crippen molar-refractivity contribution in [3.63, 3.8) is 0 Å². The maximum Gasteiger partial charge on any atom is 0.239 e. The Hall–Kier alpha value is -2.15. The van der Waals surface area contributed by atoms with E-state index in [1.54, 1.807) is 10.9 Å². The Kier molecular flexibility index (Phi) is 5.43. The third-order valence-corrected chi connectivity index (χ3v) is 4.17. The second-order valence-corrected chi connectivity index (χ2v) is 7.23. The van der Waals surface area contributed by atoms with E-state index < -0.39 is 0 Å². The number of carbonyl (C=O) groups is 1. The molecular weight excluding hydrogens is 304 g/mol. The van der Waals surface area contributed by atoms with Gasteiger partial charge >= 0.3 is 0 Å². The first-order chi connectivity index (χ1) is 11.2. The molecule has 132 valence electrons. The molecule has 1 amide bonds. The Bertz CT molecular complexity index is 668. The van der Waals surface area contributed by atoms with E-state index in [-0.39, 0.29) is 30.0 Å². The number of hydrogen-bond donors (Lipinski definition) is 2. The minimum atomic E-state index is -0.0852. The van der Waals surface area contributed by atoms with Crippen molar-refractivity contribution in [3.05, 3.63) is 30.2 Å². The summed E-state index contributed by atoms with van der Waals surface area (Å²) in [6, 6.07) is 4.10. The zero-order valence-electron chi connectivity index (χ0n) is 15.4. The number of anilines is 1. The minimum absolute atomic E-state index is 0.0489. The average Bonchev–Trinajstić information content (AvgIpc) is 3.14. The number of aryl methyl sites for hydroxylation is 1. The molecule has 24 heavy (non-hydrogen) atoms. The fraction of sp³-hybridized carbons (Fsp3) is 0.588. The van der Waals surface area contributed by atoms with Crippen LogP contribution in [0.1, 0.15) is 46.4 Å². The fourth-order valence-corrected chi connectivity index (χ4v) is 2.31. The van der Waals surface area contributed by atoms with Crippen LogP contribution in [-0.2, 0) is 17.3 Å². The predicted octanol–water partition coefficient (Wildman–Crippen LogP) is 2.09. The molecule has 7 heteroatoms. The van der Waals surface area contributed by atoms with Crippen LogP contribution in [0.15, 0.2) is 24.5 Å². The first-order valence-corrected chi connectivity index (χ1v) is 8.25. The van der Waals surface area contributed by atoms with Crippen molar-refractivity contribution in [1.82, 2.24) is 24.9 Å². The maximum atomic E-state index is 12.2. The lowest BCUT2D eigenvalue weighted by Gasteiger charge is -2.21. The summed E-state index contributed by atoms with van der Waals surface area (Å²) in [7, 11) is 1.83. The van der Waals surface area contributed by atoms with Crippen LogP contribution in [0.4, 0.5) is 5.82 Å². The molecule has 0 spiro atoms. The quantitative estimate of drug-likeness (QED) is 0.849. The number of rotatable bonds is 6. The van der Waals surface area contributed by atoms with Gasteiger partial charge in [-0.3, -0.25) is 14.2 Å². The molecule has 2 aromatic rings. The first-order valence-electron chi connectivity index (χ1n) is 8.25. The Morgan fingerprint density at radius 2 is 2.04 bits per heavy atom. The molecule has 0 aromatic carbocycles. The van der Waals surface area contributed by atoms with Gasteiger partial charge in [-0.1, -0.05) is 20.8 Å². The maximum absolute atomic E-state index is 12.2. The second-order valence-electron chi connectivity index (χ2n) is 7.23. The molecule has 7 nitrogen and oxygen atoms in total. The van der Waals surface area contributed by atoms with Crippen molar-refractivity contribution in [2.75, 3.05) is 11.9 Å². The van der Waals surface area contributed by atoms with Crippen LogP contribution in [0.2, 0.25) is 0 Å². The molecule has 0 saturated heterocycles. The molecule has 2 aromatic heterocycles. The zero-order valence-corrected chi connectivity index (χ0v) is 15.4. The van der Waals surface area contributed by atoms with E-state index in [4.69, 9.17) is 0 Å². The summed E-state index contributed by atoms with van der Waals surface area (Å²) in [5, 5.41) is 14.8. The molecule has 0 radical (unpaired) electrons. The lowest BCUT2D eigenvalue weighted by Crippen LogP contribution is -2.39. The number of carbonyl (C=O) groups excluding carboxylic acids is 1. The molecule has 0 saturated carbocycles. The van der Waals surface area contributed by atoms with Crippen LogP contribution in [-0.4, -0.2) is 38.1 Å². The number of nitrogens with zero attached hydrogens (tertiary/aromatic N) is 4. The largest absolute Gasteiger partial charge is 0.310 e. The number of hydrogen-bond acceptors (Lipinski definition) is 4. The average molecular weight is 332 g/mol. The highest BCUT2D eigenvalue weighted by molar-refractivity contribution is 5.91. The summed E-state index contributed by atoms with van der Waals surface area (Å²) in [5.41, 5.74) is 0.904. The van der Waals surface area contributed by atoms with Crippen LogP contribution >= 0.6 is 0 Å². The highest BCUT2D eigenvalue weighted by atomic mass is 16.2. The third-order valence-electron chi connectivity index (χ3n) is 4.17. The van der Waals surface area contributed by atoms with Gasteiger partial charge in [0.2, 0.25) is 5.91 Å². The molecule has 2 atom stereocenters. The summed E-state index contributed by atoms with van der Waals surface area (Å²) in [6.45, 7) is 10.6. The van der Waals surface area contributed by atoms with Crippen LogP contribution < -0.4 is 10.6 Å². The Morgan fingerprint density at radius 1 is 1.33 bits per heavy atom. The first kappa shape index (κ1) is 18.2.